The van der Waals surface area contributed by atoms with Crippen LogP contribution in [-0.2, 0) is 9.84 Å². The van der Waals surface area contributed by atoms with Crippen molar-refractivity contribution in [1.82, 2.24) is 10.3 Å². The molecule has 0 bridgehead atoms. The van der Waals surface area contributed by atoms with Crippen LogP contribution in [0.3, 0.4) is 0 Å². The summed E-state index contributed by atoms with van der Waals surface area (Å²) in [7, 11) is -3.10. The zero-order valence-corrected chi connectivity index (χ0v) is 10.4. The summed E-state index contributed by atoms with van der Waals surface area (Å²) in [6.07, 6.45) is 2.60. The Hall–Kier alpha value is -0.980. The van der Waals surface area contributed by atoms with Crippen LogP contribution in [0.25, 0.3) is 0 Å². The molecule has 1 aromatic rings. The van der Waals surface area contributed by atoms with Crippen molar-refractivity contribution in [2.45, 2.75) is 25.1 Å². The molecule has 0 radical (unpaired) electrons. The Labute approximate surface area is 101 Å². The lowest BCUT2D eigenvalue weighted by Gasteiger charge is -2.20. The van der Waals surface area contributed by atoms with Gasteiger partial charge in [0.05, 0.1) is 17.6 Å². The molecule has 0 aromatic carbocycles. The van der Waals surface area contributed by atoms with Crippen molar-refractivity contribution >= 4 is 9.84 Å². The van der Waals surface area contributed by atoms with Gasteiger partial charge in [0, 0.05) is 24.5 Å². The molecule has 0 spiro atoms. The van der Waals surface area contributed by atoms with E-state index in [2.05, 4.69) is 10.3 Å². The standard InChI is InChI=1S/C11H16N2O3S/c1-8(9-3-2-4-12-5-9)13-10-6-17(15,16)7-11(10)14/h2-5,8,10-11,13-14H,6-7H2,1H3/t8-,10?,11?/m1/s1. The molecule has 2 rings (SSSR count). The highest BCUT2D eigenvalue weighted by molar-refractivity contribution is 7.91. The summed E-state index contributed by atoms with van der Waals surface area (Å²) < 4.78 is 22.7. The lowest BCUT2D eigenvalue weighted by molar-refractivity contribution is 0.160. The molecule has 1 saturated heterocycles. The maximum Gasteiger partial charge on any atom is 0.154 e. The van der Waals surface area contributed by atoms with Gasteiger partial charge in [-0.05, 0) is 18.6 Å². The number of pyridine rings is 1. The summed E-state index contributed by atoms with van der Waals surface area (Å²) in [6.45, 7) is 1.93. The van der Waals surface area contributed by atoms with E-state index in [4.69, 9.17) is 0 Å². The molecule has 5 nitrogen and oxygen atoms in total. The Kier molecular flexibility index (Phi) is 3.46. The summed E-state index contributed by atoms with van der Waals surface area (Å²) in [5.74, 6) is -0.150. The van der Waals surface area contributed by atoms with Gasteiger partial charge < -0.3 is 10.4 Å². The number of sulfone groups is 1. The van der Waals surface area contributed by atoms with Crippen molar-refractivity contribution in [2.75, 3.05) is 11.5 Å². The second-order valence-electron chi connectivity index (χ2n) is 4.43. The van der Waals surface area contributed by atoms with E-state index in [-0.39, 0.29) is 17.5 Å². The summed E-state index contributed by atoms with van der Waals surface area (Å²) in [6, 6.07) is 3.32. The molecule has 0 aliphatic carbocycles. The first-order valence-corrected chi connectivity index (χ1v) is 7.34. The van der Waals surface area contributed by atoms with Gasteiger partial charge in [0.1, 0.15) is 0 Å². The van der Waals surface area contributed by atoms with Gasteiger partial charge in [-0.3, -0.25) is 4.98 Å². The molecule has 2 N–H and O–H groups in total. The van der Waals surface area contributed by atoms with Crippen molar-refractivity contribution in [3.8, 4) is 0 Å². The highest BCUT2D eigenvalue weighted by Crippen LogP contribution is 2.17. The summed E-state index contributed by atoms with van der Waals surface area (Å²) in [5, 5.41) is 12.8. The maximum absolute atomic E-state index is 11.4. The largest absolute Gasteiger partial charge is 0.390 e. The number of nitrogens with one attached hydrogen (secondary N) is 1. The topological polar surface area (TPSA) is 79.3 Å². The summed E-state index contributed by atoms with van der Waals surface area (Å²) >= 11 is 0. The number of aliphatic hydroxyl groups excluding tert-OH is 1. The molecule has 1 aliphatic heterocycles. The zero-order chi connectivity index (χ0) is 12.5. The monoisotopic (exact) mass is 256 g/mol. The second kappa shape index (κ2) is 4.72. The molecule has 0 saturated carbocycles. The van der Waals surface area contributed by atoms with E-state index in [1.807, 2.05) is 19.1 Å². The van der Waals surface area contributed by atoms with E-state index in [0.717, 1.165) is 5.56 Å². The van der Waals surface area contributed by atoms with Crippen LogP contribution in [0.5, 0.6) is 0 Å². The smallest absolute Gasteiger partial charge is 0.154 e. The first-order valence-electron chi connectivity index (χ1n) is 5.52. The van der Waals surface area contributed by atoms with Gasteiger partial charge in [0.25, 0.3) is 0 Å². The van der Waals surface area contributed by atoms with Gasteiger partial charge in [-0.2, -0.15) is 0 Å². The molecule has 1 aromatic heterocycles. The van der Waals surface area contributed by atoms with Crippen LogP contribution >= 0.6 is 0 Å². The molecule has 1 fully saturated rings. The van der Waals surface area contributed by atoms with Gasteiger partial charge >= 0.3 is 0 Å². The number of aliphatic hydroxyl groups is 1. The first kappa shape index (κ1) is 12.5. The number of nitrogens with zero attached hydrogens (tertiary/aromatic N) is 1. The Morgan fingerprint density at radius 2 is 2.29 bits per heavy atom. The Bertz CT molecular complexity index is 475. The highest BCUT2D eigenvalue weighted by atomic mass is 32.2. The fraction of sp³-hybridized carbons (Fsp3) is 0.545. The normalized spacial score (nSPS) is 29.1. The average molecular weight is 256 g/mol. The molecule has 6 heteroatoms. The molecule has 1 aliphatic rings. The molecule has 2 heterocycles. The minimum Gasteiger partial charge on any atom is -0.390 e. The van der Waals surface area contributed by atoms with E-state index >= 15 is 0 Å². The second-order valence-corrected chi connectivity index (χ2v) is 6.58. The Morgan fingerprint density at radius 1 is 1.53 bits per heavy atom. The van der Waals surface area contributed by atoms with E-state index in [1.54, 1.807) is 12.4 Å². The molecule has 94 valence electrons. The van der Waals surface area contributed by atoms with Gasteiger partial charge in [0.15, 0.2) is 9.84 Å². The predicted molar refractivity (Wildman–Crippen MR) is 64.2 cm³/mol. The number of hydrogen-bond acceptors (Lipinski definition) is 5. The van der Waals surface area contributed by atoms with Crippen LogP contribution in [-0.4, -0.2) is 42.2 Å². The maximum atomic E-state index is 11.4. The van der Waals surface area contributed by atoms with Crippen molar-refractivity contribution in [2.24, 2.45) is 0 Å². The molecule has 0 amide bonds. The first-order chi connectivity index (χ1) is 7.98. The molecule has 3 atom stereocenters. The van der Waals surface area contributed by atoms with Gasteiger partial charge in [-0.1, -0.05) is 6.07 Å². The fourth-order valence-electron chi connectivity index (χ4n) is 2.04. The quantitative estimate of drug-likeness (QED) is 0.789. The third-order valence-electron chi connectivity index (χ3n) is 2.97. The number of rotatable bonds is 3. The number of hydrogen-bond donors (Lipinski definition) is 2. The van der Waals surface area contributed by atoms with E-state index in [0.29, 0.717) is 0 Å². The van der Waals surface area contributed by atoms with Crippen LogP contribution < -0.4 is 5.32 Å². The van der Waals surface area contributed by atoms with Crippen LogP contribution in [0.2, 0.25) is 0 Å². The van der Waals surface area contributed by atoms with E-state index < -0.39 is 22.0 Å². The highest BCUT2D eigenvalue weighted by Gasteiger charge is 2.36. The van der Waals surface area contributed by atoms with Crippen LogP contribution in [0, 0.1) is 0 Å². The Balaban J connectivity index is 2.03. The van der Waals surface area contributed by atoms with Crippen LogP contribution in [0.4, 0.5) is 0 Å². The van der Waals surface area contributed by atoms with Crippen molar-refractivity contribution < 1.29 is 13.5 Å². The van der Waals surface area contributed by atoms with Crippen molar-refractivity contribution in [1.29, 1.82) is 0 Å². The van der Waals surface area contributed by atoms with Crippen molar-refractivity contribution in [3.05, 3.63) is 30.1 Å². The lowest BCUT2D eigenvalue weighted by Crippen LogP contribution is -2.40. The summed E-state index contributed by atoms with van der Waals surface area (Å²) in [5.41, 5.74) is 0.976. The molecular formula is C11H16N2O3S. The SMILES string of the molecule is C[C@@H](NC1CS(=O)(=O)CC1O)c1cccnc1. The fourth-order valence-corrected chi connectivity index (χ4v) is 3.79. The number of aromatic nitrogens is 1. The summed E-state index contributed by atoms with van der Waals surface area (Å²) in [4.78, 5) is 4.01. The average Bonchev–Trinajstić information content (AvgIpc) is 2.53. The Morgan fingerprint density at radius 3 is 2.82 bits per heavy atom. The molecule has 2 unspecified atom stereocenters. The van der Waals surface area contributed by atoms with Gasteiger partial charge in [0.2, 0.25) is 0 Å². The van der Waals surface area contributed by atoms with E-state index in [9.17, 15) is 13.5 Å². The minimum atomic E-state index is -3.10. The third kappa shape index (κ3) is 3.02. The zero-order valence-electron chi connectivity index (χ0n) is 9.57. The molecule has 17 heavy (non-hydrogen) atoms. The minimum absolute atomic E-state index is 0.00122. The van der Waals surface area contributed by atoms with Crippen molar-refractivity contribution in [3.63, 3.8) is 0 Å². The molecular weight excluding hydrogens is 240 g/mol. The van der Waals surface area contributed by atoms with Gasteiger partial charge in [-0.25, -0.2) is 8.42 Å². The van der Waals surface area contributed by atoms with E-state index in [1.165, 1.54) is 0 Å². The van der Waals surface area contributed by atoms with Crippen LogP contribution in [0.1, 0.15) is 18.5 Å². The predicted octanol–water partition coefficient (Wildman–Crippen LogP) is -0.110. The van der Waals surface area contributed by atoms with Crippen LogP contribution in [0.15, 0.2) is 24.5 Å². The van der Waals surface area contributed by atoms with Gasteiger partial charge in [-0.15, -0.1) is 0 Å². The lowest BCUT2D eigenvalue weighted by atomic mass is 10.1. The third-order valence-corrected chi connectivity index (χ3v) is 4.69.